The van der Waals surface area contributed by atoms with Gasteiger partial charge in [-0.05, 0) is 44.2 Å². The molecule has 0 unspecified atom stereocenters. The van der Waals surface area contributed by atoms with Crippen molar-refractivity contribution in [2.24, 2.45) is 0 Å². The van der Waals surface area contributed by atoms with Gasteiger partial charge in [-0.3, -0.25) is 4.90 Å². The molecule has 0 saturated carbocycles. The molecule has 144 valence electrons. The Morgan fingerprint density at radius 1 is 1.07 bits per heavy atom. The van der Waals surface area contributed by atoms with Gasteiger partial charge in [0.25, 0.3) is 0 Å². The van der Waals surface area contributed by atoms with Crippen LogP contribution < -0.4 is 16.0 Å². The highest BCUT2D eigenvalue weighted by molar-refractivity contribution is 5.57. The van der Waals surface area contributed by atoms with Gasteiger partial charge in [-0.1, -0.05) is 35.9 Å². The normalized spacial score (nSPS) is 13.0. The maximum Gasteiger partial charge on any atom is 0.232 e. The van der Waals surface area contributed by atoms with Gasteiger partial charge in [0.05, 0.1) is 13.2 Å². The van der Waals surface area contributed by atoms with Crippen LogP contribution >= 0.6 is 0 Å². The van der Waals surface area contributed by atoms with Gasteiger partial charge in [-0.15, -0.1) is 0 Å². The van der Waals surface area contributed by atoms with Crippen LogP contribution in [0, 0.1) is 6.92 Å². The van der Waals surface area contributed by atoms with E-state index in [2.05, 4.69) is 68.3 Å². The molecule has 1 aromatic heterocycles. The van der Waals surface area contributed by atoms with Gasteiger partial charge in [0.1, 0.15) is 5.82 Å². The van der Waals surface area contributed by atoms with E-state index in [1.807, 2.05) is 24.3 Å². The van der Waals surface area contributed by atoms with Crippen molar-refractivity contribution < 1.29 is 0 Å². The summed E-state index contributed by atoms with van der Waals surface area (Å²) in [7, 11) is 2.06. The van der Waals surface area contributed by atoms with Crippen molar-refractivity contribution in [3.63, 3.8) is 0 Å². The van der Waals surface area contributed by atoms with Crippen molar-refractivity contribution in [1.82, 2.24) is 19.9 Å². The van der Waals surface area contributed by atoms with E-state index < -0.39 is 0 Å². The molecule has 0 saturated heterocycles. The molecule has 7 heteroatoms. The molecule has 3 aromatic rings. The first-order valence-corrected chi connectivity index (χ1v) is 9.42. The van der Waals surface area contributed by atoms with Crippen molar-refractivity contribution in [1.29, 1.82) is 0 Å². The molecule has 0 atom stereocenters. The fourth-order valence-electron chi connectivity index (χ4n) is 3.47. The fourth-order valence-corrected chi connectivity index (χ4v) is 3.47. The molecule has 0 radical (unpaired) electrons. The molecule has 0 aliphatic carbocycles. The summed E-state index contributed by atoms with van der Waals surface area (Å²) in [4.78, 5) is 17.6. The Morgan fingerprint density at radius 2 is 1.86 bits per heavy atom. The smallest absolute Gasteiger partial charge is 0.232 e. The predicted octanol–water partition coefficient (Wildman–Crippen LogP) is 2.96. The monoisotopic (exact) mass is 375 g/mol. The summed E-state index contributed by atoms with van der Waals surface area (Å²) in [6.45, 7) is 4.48. The summed E-state index contributed by atoms with van der Waals surface area (Å²) in [6.07, 6.45) is 1.09. The molecule has 4 rings (SSSR count). The summed E-state index contributed by atoms with van der Waals surface area (Å²) >= 11 is 0. The number of rotatable bonds is 6. The lowest BCUT2D eigenvalue weighted by molar-refractivity contribution is 0.318. The zero-order chi connectivity index (χ0) is 19.5. The van der Waals surface area contributed by atoms with Gasteiger partial charge < -0.3 is 16.0 Å². The zero-order valence-electron chi connectivity index (χ0n) is 16.3. The molecule has 7 nitrogen and oxygen atoms in total. The van der Waals surface area contributed by atoms with Crippen LogP contribution in [0.3, 0.4) is 0 Å². The van der Waals surface area contributed by atoms with Gasteiger partial charge in [0.15, 0.2) is 0 Å². The Balaban J connectivity index is 1.43. The summed E-state index contributed by atoms with van der Waals surface area (Å²) in [5, 5.41) is 3.20. The van der Waals surface area contributed by atoms with Gasteiger partial charge in [-0.2, -0.15) is 15.0 Å². The van der Waals surface area contributed by atoms with E-state index in [1.54, 1.807) is 0 Å². The number of benzene rings is 2. The molecule has 28 heavy (non-hydrogen) atoms. The van der Waals surface area contributed by atoms with Crippen LogP contribution in [0.1, 0.15) is 17.0 Å². The summed E-state index contributed by atoms with van der Waals surface area (Å²) < 4.78 is 0. The second kappa shape index (κ2) is 7.82. The number of anilines is 4. The average Bonchev–Trinajstić information content (AvgIpc) is 3.06. The first-order valence-electron chi connectivity index (χ1n) is 9.42. The molecular formula is C21H25N7. The zero-order valence-corrected chi connectivity index (χ0v) is 16.3. The second-order valence-electron chi connectivity index (χ2n) is 7.22. The van der Waals surface area contributed by atoms with Crippen molar-refractivity contribution in [3.8, 4) is 0 Å². The van der Waals surface area contributed by atoms with Gasteiger partial charge in [0.2, 0.25) is 11.9 Å². The fraction of sp³-hybridized carbons (Fsp3) is 0.286. The highest BCUT2D eigenvalue weighted by Crippen LogP contribution is 2.27. The largest absolute Gasteiger partial charge is 0.368 e. The number of nitrogen functional groups attached to an aromatic ring is 1. The second-order valence-corrected chi connectivity index (χ2v) is 7.22. The topological polar surface area (TPSA) is 83.2 Å². The van der Waals surface area contributed by atoms with Gasteiger partial charge in [0, 0.05) is 17.9 Å². The molecule has 1 aliphatic rings. The van der Waals surface area contributed by atoms with Crippen molar-refractivity contribution in [2.75, 3.05) is 36.2 Å². The first kappa shape index (κ1) is 18.2. The number of nitrogens with two attached hydrogens (primary N) is 1. The SMILES string of the molecule is Cc1ccc(Nc2nc(N)nc(CN(C)CN3CCc4ccccc43)n2)cc1. The Labute approximate surface area is 165 Å². The van der Waals surface area contributed by atoms with Crippen LogP contribution in [-0.4, -0.2) is 40.1 Å². The Hall–Kier alpha value is -3.19. The van der Waals surface area contributed by atoms with Crippen LogP contribution in [0.25, 0.3) is 0 Å². The predicted molar refractivity (Wildman–Crippen MR) is 113 cm³/mol. The third kappa shape index (κ3) is 4.20. The molecule has 2 aromatic carbocycles. The van der Waals surface area contributed by atoms with E-state index in [9.17, 15) is 0 Å². The standard InChI is InChI=1S/C21H25N7/c1-15-7-9-17(10-8-15)23-21-25-19(24-20(22)26-21)13-27(2)14-28-12-11-16-5-3-4-6-18(16)28/h3-10H,11-14H2,1-2H3,(H3,22,23,24,25,26). The molecule has 1 aliphatic heterocycles. The number of hydrogen-bond acceptors (Lipinski definition) is 7. The number of hydrogen-bond donors (Lipinski definition) is 2. The summed E-state index contributed by atoms with van der Waals surface area (Å²) in [6, 6.07) is 16.6. The van der Waals surface area contributed by atoms with E-state index in [0.29, 0.717) is 18.3 Å². The van der Waals surface area contributed by atoms with Crippen molar-refractivity contribution >= 4 is 23.3 Å². The molecule has 0 amide bonds. The highest BCUT2D eigenvalue weighted by atomic mass is 15.3. The van der Waals surface area contributed by atoms with Crippen molar-refractivity contribution in [3.05, 3.63) is 65.5 Å². The summed E-state index contributed by atoms with van der Waals surface area (Å²) in [5.74, 6) is 1.34. The lowest BCUT2D eigenvalue weighted by Gasteiger charge is -2.26. The first-order chi connectivity index (χ1) is 13.6. The van der Waals surface area contributed by atoms with Crippen LogP contribution in [0.15, 0.2) is 48.5 Å². The molecule has 0 spiro atoms. The van der Waals surface area contributed by atoms with E-state index in [0.717, 1.165) is 25.3 Å². The Kier molecular flexibility index (Phi) is 5.08. The average molecular weight is 375 g/mol. The molecule has 3 N–H and O–H groups in total. The number of fused-ring (bicyclic) bond motifs is 1. The van der Waals surface area contributed by atoms with Crippen LogP contribution in [0.4, 0.5) is 23.3 Å². The molecule has 0 bridgehead atoms. The molecule has 2 heterocycles. The maximum absolute atomic E-state index is 5.91. The van der Waals surface area contributed by atoms with Crippen LogP contribution in [-0.2, 0) is 13.0 Å². The number of para-hydroxylation sites is 1. The third-order valence-corrected chi connectivity index (χ3v) is 4.81. The van der Waals surface area contributed by atoms with E-state index in [1.165, 1.54) is 16.8 Å². The lowest BCUT2D eigenvalue weighted by atomic mass is 10.2. The minimum Gasteiger partial charge on any atom is -0.368 e. The van der Waals surface area contributed by atoms with Gasteiger partial charge in [-0.25, -0.2) is 0 Å². The molecular weight excluding hydrogens is 350 g/mol. The lowest BCUT2D eigenvalue weighted by Crippen LogP contribution is -2.34. The quantitative estimate of drug-likeness (QED) is 0.685. The van der Waals surface area contributed by atoms with Crippen molar-refractivity contribution in [2.45, 2.75) is 19.9 Å². The van der Waals surface area contributed by atoms with E-state index in [4.69, 9.17) is 5.73 Å². The minimum atomic E-state index is 0.222. The van der Waals surface area contributed by atoms with Crippen LogP contribution in [0.2, 0.25) is 0 Å². The number of nitrogens with zero attached hydrogens (tertiary/aromatic N) is 5. The maximum atomic E-state index is 5.91. The number of nitrogens with one attached hydrogen (secondary N) is 1. The number of aromatic nitrogens is 3. The highest BCUT2D eigenvalue weighted by Gasteiger charge is 2.19. The minimum absolute atomic E-state index is 0.222. The van der Waals surface area contributed by atoms with E-state index in [-0.39, 0.29) is 5.95 Å². The van der Waals surface area contributed by atoms with Crippen LogP contribution in [0.5, 0.6) is 0 Å². The third-order valence-electron chi connectivity index (χ3n) is 4.81. The molecule has 0 fully saturated rings. The van der Waals surface area contributed by atoms with Gasteiger partial charge >= 0.3 is 0 Å². The Morgan fingerprint density at radius 3 is 2.68 bits per heavy atom. The number of aryl methyl sites for hydroxylation is 1. The Bertz CT molecular complexity index is 955. The summed E-state index contributed by atoms with van der Waals surface area (Å²) in [5.41, 5.74) is 10.7. The van der Waals surface area contributed by atoms with E-state index >= 15 is 0 Å².